The summed E-state index contributed by atoms with van der Waals surface area (Å²) in [5.74, 6) is 0.770. The molecular formula is C15H18N2O. The van der Waals surface area contributed by atoms with Gasteiger partial charge in [0.25, 0.3) is 0 Å². The van der Waals surface area contributed by atoms with Crippen molar-refractivity contribution in [2.24, 2.45) is 5.73 Å². The highest BCUT2D eigenvalue weighted by molar-refractivity contribution is 5.24. The molecule has 3 heteroatoms. The molecule has 0 unspecified atom stereocenters. The minimum absolute atomic E-state index is 0.457. The summed E-state index contributed by atoms with van der Waals surface area (Å²) in [5, 5.41) is 0. The predicted octanol–water partition coefficient (Wildman–Crippen LogP) is 2.68. The Morgan fingerprint density at radius 1 is 1.06 bits per heavy atom. The largest absolute Gasteiger partial charge is 0.487 e. The fourth-order valence-corrected chi connectivity index (χ4v) is 1.65. The molecule has 1 aromatic carbocycles. The molecule has 0 saturated carbocycles. The molecule has 1 heterocycles. The average molecular weight is 242 g/mol. The molecule has 0 spiro atoms. The summed E-state index contributed by atoms with van der Waals surface area (Å²) in [7, 11) is 0. The predicted molar refractivity (Wildman–Crippen MR) is 72.3 cm³/mol. The maximum Gasteiger partial charge on any atom is 0.138 e. The Balaban J connectivity index is 1.93. The van der Waals surface area contributed by atoms with Crippen molar-refractivity contribution in [1.29, 1.82) is 0 Å². The van der Waals surface area contributed by atoms with Crippen molar-refractivity contribution >= 4 is 0 Å². The monoisotopic (exact) mass is 242 g/mol. The zero-order chi connectivity index (χ0) is 12.8. The quantitative estimate of drug-likeness (QED) is 0.877. The molecule has 0 bridgehead atoms. The topological polar surface area (TPSA) is 48.1 Å². The lowest BCUT2D eigenvalue weighted by atomic mass is 10.1. The highest BCUT2D eigenvalue weighted by Gasteiger charge is 1.97. The summed E-state index contributed by atoms with van der Waals surface area (Å²) < 4.78 is 5.66. The van der Waals surface area contributed by atoms with E-state index in [0.717, 1.165) is 23.4 Å². The van der Waals surface area contributed by atoms with Gasteiger partial charge in [-0.1, -0.05) is 31.2 Å². The number of nitrogens with two attached hydrogens (primary N) is 1. The molecule has 2 rings (SSSR count). The van der Waals surface area contributed by atoms with Gasteiger partial charge in [0.1, 0.15) is 12.4 Å². The van der Waals surface area contributed by atoms with Crippen molar-refractivity contribution in [2.45, 2.75) is 26.5 Å². The van der Waals surface area contributed by atoms with E-state index < -0.39 is 0 Å². The SMILES string of the molecule is CCc1ccc(COc2ccc(CN)nc2)cc1. The van der Waals surface area contributed by atoms with Crippen LogP contribution in [0.5, 0.6) is 5.75 Å². The first kappa shape index (κ1) is 12.6. The second-order valence-electron chi connectivity index (χ2n) is 4.15. The van der Waals surface area contributed by atoms with Crippen LogP contribution in [0.3, 0.4) is 0 Å². The summed E-state index contributed by atoms with van der Waals surface area (Å²) >= 11 is 0. The van der Waals surface area contributed by atoms with E-state index >= 15 is 0 Å². The standard InChI is InChI=1S/C15H18N2O/c1-2-12-3-5-13(6-4-12)11-18-15-8-7-14(9-16)17-10-15/h3-8,10H,2,9,11,16H2,1H3. The van der Waals surface area contributed by atoms with E-state index in [2.05, 4.69) is 36.2 Å². The number of ether oxygens (including phenoxy) is 1. The molecule has 94 valence electrons. The Bertz CT molecular complexity index is 429. The Morgan fingerprint density at radius 3 is 2.33 bits per heavy atom. The molecule has 0 radical (unpaired) electrons. The van der Waals surface area contributed by atoms with E-state index in [9.17, 15) is 0 Å². The van der Waals surface area contributed by atoms with Crippen LogP contribution in [0, 0.1) is 0 Å². The van der Waals surface area contributed by atoms with Crippen LogP contribution in [0.15, 0.2) is 42.6 Å². The van der Waals surface area contributed by atoms with Gasteiger partial charge < -0.3 is 10.5 Å². The Morgan fingerprint density at radius 2 is 1.78 bits per heavy atom. The van der Waals surface area contributed by atoms with E-state index in [0.29, 0.717) is 13.2 Å². The van der Waals surface area contributed by atoms with Crippen LogP contribution < -0.4 is 10.5 Å². The van der Waals surface area contributed by atoms with Crippen LogP contribution in [-0.2, 0) is 19.6 Å². The molecule has 0 aliphatic heterocycles. The van der Waals surface area contributed by atoms with Crippen LogP contribution >= 0.6 is 0 Å². The van der Waals surface area contributed by atoms with E-state index in [4.69, 9.17) is 10.5 Å². The smallest absolute Gasteiger partial charge is 0.138 e. The number of benzene rings is 1. The summed E-state index contributed by atoms with van der Waals surface area (Å²) in [6, 6.07) is 12.2. The van der Waals surface area contributed by atoms with Crippen LogP contribution in [0.1, 0.15) is 23.7 Å². The zero-order valence-corrected chi connectivity index (χ0v) is 10.6. The maximum atomic E-state index is 5.66. The average Bonchev–Trinajstić information content (AvgIpc) is 2.46. The third-order valence-corrected chi connectivity index (χ3v) is 2.84. The van der Waals surface area contributed by atoms with Crippen molar-refractivity contribution in [3.8, 4) is 5.75 Å². The molecule has 2 N–H and O–H groups in total. The van der Waals surface area contributed by atoms with Crippen LogP contribution in [0.4, 0.5) is 0 Å². The summed E-state index contributed by atoms with van der Waals surface area (Å²) in [5.41, 5.74) is 8.86. The lowest BCUT2D eigenvalue weighted by Crippen LogP contribution is -2.00. The molecule has 0 atom stereocenters. The van der Waals surface area contributed by atoms with Gasteiger partial charge in [-0.25, -0.2) is 0 Å². The number of pyridine rings is 1. The van der Waals surface area contributed by atoms with Crippen molar-refractivity contribution in [2.75, 3.05) is 0 Å². The van der Waals surface area contributed by atoms with E-state index in [1.54, 1.807) is 6.20 Å². The van der Waals surface area contributed by atoms with Gasteiger partial charge in [0.05, 0.1) is 11.9 Å². The van der Waals surface area contributed by atoms with Gasteiger partial charge >= 0.3 is 0 Å². The molecular weight excluding hydrogens is 224 g/mol. The highest BCUT2D eigenvalue weighted by atomic mass is 16.5. The summed E-state index contributed by atoms with van der Waals surface area (Å²) in [4.78, 5) is 4.19. The van der Waals surface area contributed by atoms with E-state index in [1.807, 2.05) is 12.1 Å². The number of hydrogen-bond acceptors (Lipinski definition) is 3. The first-order valence-electron chi connectivity index (χ1n) is 6.17. The molecule has 0 fully saturated rings. The van der Waals surface area contributed by atoms with E-state index in [-0.39, 0.29) is 0 Å². The summed E-state index contributed by atoms with van der Waals surface area (Å²) in [6.45, 7) is 3.17. The minimum Gasteiger partial charge on any atom is -0.487 e. The lowest BCUT2D eigenvalue weighted by Gasteiger charge is -2.07. The van der Waals surface area contributed by atoms with Gasteiger partial charge in [-0.05, 0) is 29.7 Å². The summed E-state index contributed by atoms with van der Waals surface area (Å²) in [6.07, 6.45) is 2.77. The van der Waals surface area contributed by atoms with Gasteiger partial charge in [-0.15, -0.1) is 0 Å². The normalized spacial score (nSPS) is 10.3. The molecule has 0 amide bonds. The molecule has 0 saturated heterocycles. The Kier molecular flexibility index (Phi) is 4.31. The number of nitrogens with zero attached hydrogens (tertiary/aromatic N) is 1. The first-order valence-corrected chi connectivity index (χ1v) is 6.17. The molecule has 0 aliphatic rings. The van der Waals surface area contributed by atoms with Gasteiger partial charge in [0, 0.05) is 6.54 Å². The fraction of sp³-hybridized carbons (Fsp3) is 0.267. The molecule has 0 aliphatic carbocycles. The molecule has 3 nitrogen and oxygen atoms in total. The first-order chi connectivity index (χ1) is 8.81. The van der Waals surface area contributed by atoms with Crippen molar-refractivity contribution in [1.82, 2.24) is 4.98 Å². The minimum atomic E-state index is 0.457. The third kappa shape index (κ3) is 3.31. The third-order valence-electron chi connectivity index (χ3n) is 2.84. The number of hydrogen-bond donors (Lipinski definition) is 1. The van der Waals surface area contributed by atoms with Crippen molar-refractivity contribution in [3.63, 3.8) is 0 Å². The Hall–Kier alpha value is -1.87. The lowest BCUT2D eigenvalue weighted by molar-refractivity contribution is 0.305. The number of rotatable bonds is 5. The van der Waals surface area contributed by atoms with Gasteiger partial charge in [-0.2, -0.15) is 0 Å². The van der Waals surface area contributed by atoms with Gasteiger partial charge in [0.2, 0.25) is 0 Å². The van der Waals surface area contributed by atoms with Gasteiger partial charge in [-0.3, -0.25) is 4.98 Å². The maximum absolute atomic E-state index is 5.66. The van der Waals surface area contributed by atoms with Gasteiger partial charge in [0.15, 0.2) is 0 Å². The second kappa shape index (κ2) is 6.17. The fourth-order valence-electron chi connectivity index (χ4n) is 1.65. The zero-order valence-electron chi connectivity index (χ0n) is 10.6. The Labute approximate surface area is 108 Å². The molecule has 1 aromatic heterocycles. The highest BCUT2D eigenvalue weighted by Crippen LogP contribution is 2.12. The molecule has 2 aromatic rings. The van der Waals surface area contributed by atoms with E-state index in [1.165, 1.54) is 5.56 Å². The van der Waals surface area contributed by atoms with Crippen molar-refractivity contribution < 1.29 is 4.74 Å². The number of aryl methyl sites for hydroxylation is 1. The second-order valence-corrected chi connectivity index (χ2v) is 4.15. The molecule has 18 heavy (non-hydrogen) atoms. The van der Waals surface area contributed by atoms with Crippen LogP contribution in [0.25, 0.3) is 0 Å². The van der Waals surface area contributed by atoms with Crippen LogP contribution in [0.2, 0.25) is 0 Å². The van der Waals surface area contributed by atoms with Crippen molar-refractivity contribution in [3.05, 3.63) is 59.4 Å². The number of aromatic nitrogens is 1. The van der Waals surface area contributed by atoms with Crippen LogP contribution in [-0.4, -0.2) is 4.98 Å².